The lowest BCUT2D eigenvalue weighted by molar-refractivity contribution is 0.0493. The summed E-state index contributed by atoms with van der Waals surface area (Å²) in [4.78, 5) is 5.33. The molecule has 2 saturated heterocycles. The highest BCUT2D eigenvalue weighted by molar-refractivity contribution is 4.95. The second-order valence-electron chi connectivity index (χ2n) is 8.14. The van der Waals surface area contributed by atoms with Crippen molar-refractivity contribution < 1.29 is 4.74 Å². The van der Waals surface area contributed by atoms with E-state index in [2.05, 4.69) is 32.2 Å². The van der Waals surface area contributed by atoms with Gasteiger partial charge in [-0.1, -0.05) is 26.2 Å². The number of ether oxygens (including phenoxy) is 1. The zero-order chi connectivity index (χ0) is 17.8. The maximum Gasteiger partial charge on any atom is 0.168 e. The molecular weight excluding hydrogens is 328 g/mol. The Morgan fingerprint density at radius 1 is 1.04 bits per heavy atom. The third-order valence-corrected chi connectivity index (χ3v) is 6.53. The van der Waals surface area contributed by atoms with Crippen molar-refractivity contribution in [3.63, 3.8) is 0 Å². The van der Waals surface area contributed by atoms with E-state index in [0.717, 1.165) is 57.4 Å². The van der Waals surface area contributed by atoms with Crippen molar-refractivity contribution in [2.24, 2.45) is 0 Å². The topological polar surface area (TPSA) is 59.3 Å². The Kier molecular flexibility index (Phi) is 6.17. The van der Waals surface area contributed by atoms with Gasteiger partial charge in [0.2, 0.25) is 0 Å². The number of tetrazole rings is 1. The molecule has 4 rings (SSSR count). The van der Waals surface area contributed by atoms with Gasteiger partial charge < -0.3 is 4.74 Å². The molecule has 1 aliphatic carbocycles. The molecule has 1 aromatic rings. The Labute approximate surface area is 157 Å². The van der Waals surface area contributed by atoms with Gasteiger partial charge >= 0.3 is 0 Å². The second kappa shape index (κ2) is 8.76. The zero-order valence-electron chi connectivity index (χ0n) is 16.2. The minimum atomic E-state index is 0.276. The van der Waals surface area contributed by atoms with Crippen LogP contribution < -0.4 is 0 Å². The van der Waals surface area contributed by atoms with Gasteiger partial charge in [0, 0.05) is 38.8 Å². The van der Waals surface area contributed by atoms with Gasteiger partial charge in [-0.15, -0.1) is 5.10 Å². The largest absolute Gasteiger partial charge is 0.376 e. The lowest BCUT2D eigenvalue weighted by Gasteiger charge is -2.42. The van der Waals surface area contributed by atoms with Gasteiger partial charge in [-0.25, -0.2) is 4.68 Å². The molecule has 0 N–H and O–H groups in total. The zero-order valence-corrected chi connectivity index (χ0v) is 16.2. The summed E-state index contributed by atoms with van der Waals surface area (Å²) in [7, 11) is 0. The molecule has 0 spiro atoms. The van der Waals surface area contributed by atoms with Crippen LogP contribution in [0, 0.1) is 0 Å². The summed E-state index contributed by atoms with van der Waals surface area (Å²) in [5, 5.41) is 12.7. The molecule has 0 aromatic carbocycles. The fourth-order valence-electron chi connectivity index (χ4n) is 5.03. The molecule has 26 heavy (non-hydrogen) atoms. The van der Waals surface area contributed by atoms with E-state index in [4.69, 9.17) is 4.74 Å². The first kappa shape index (κ1) is 18.3. The molecule has 0 amide bonds. The van der Waals surface area contributed by atoms with Gasteiger partial charge in [-0.2, -0.15) is 0 Å². The molecule has 146 valence electrons. The normalized spacial score (nSPS) is 27.8. The Balaban J connectivity index is 1.36. The fourth-order valence-corrected chi connectivity index (χ4v) is 5.03. The van der Waals surface area contributed by atoms with E-state index in [-0.39, 0.29) is 6.10 Å². The van der Waals surface area contributed by atoms with E-state index in [9.17, 15) is 0 Å². The predicted molar refractivity (Wildman–Crippen MR) is 99.8 cm³/mol. The minimum Gasteiger partial charge on any atom is -0.376 e. The van der Waals surface area contributed by atoms with Crippen LogP contribution in [0.4, 0.5) is 0 Å². The van der Waals surface area contributed by atoms with E-state index in [1.165, 1.54) is 45.2 Å². The maximum absolute atomic E-state index is 5.78. The highest BCUT2D eigenvalue weighted by atomic mass is 16.5. The highest BCUT2D eigenvalue weighted by Gasteiger charge is 2.31. The average Bonchev–Trinajstić information content (AvgIpc) is 3.37. The molecule has 2 atom stereocenters. The number of rotatable bonds is 6. The lowest BCUT2D eigenvalue weighted by Crippen LogP contribution is -2.51. The van der Waals surface area contributed by atoms with Crippen LogP contribution in [-0.2, 0) is 11.3 Å². The third-order valence-electron chi connectivity index (χ3n) is 6.53. The Hall–Kier alpha value is -1.05. The van der Waals surface area contributed by atoms with Gasteiger partial charge in [0.1, 0.15) is 0 Å². The summed E-state index contributed by atoms with van der Waals surface area (Å²) < 4.78 is 7.78. The molecular formula is C19H34N6O. The van der Waals surface area contributed by atoms with Crippen LogP contribution in [0.3, 0.4) is 0 Å². The smallest absolute Gasteiger partial charge is 0.168 e. The highest BCUT2D eigenvalue weighted by Crippen LogP contribution is 2.27. The first-order valence-electron chi connectivity index (χ1n) is 10.7. The third kappa shape index (κ3) is 4.10. The van der Waals surface area contributed by atoms with Crippen LogP contribution in [0.15, 0.2) is 0 Å². The van der Waals surface area contributed by atoms with Crippen molar-refractivity contribution >= 4 is 0 Å². The van der Waals surface area contributed by atoms with Crippen molar-refractivity contribution in [2.75, 3.05) is 32.8 Å². The van der Waals surface area contributed by atoms with E-state index in [1.807, 2.05) is 4.68 Å². The quantitative estimate of drug-likeness (QED) is 0.774. The molecule has 7 nitrogen and oxygen atoms in total. The number of hydrogen-bond acceptors (Lipinski definition) is 6. The summed E-state index contributed by atoms with van der Waals surface area (Å²) in [5.74, 6) is 1.02. The summed E-state index contributed by atoms with van der Waals surface area (Å²) >= 11 is 0. The molecule has 2 aliphatic heterocycles. The summed E-state index contributed by atoms with van der Waals surface area (Å²) in [6.45, 7) is 8.55. The van der Waals surface area contributed by atoms with Crippen LogP contribution in [0.1, 0.15) is 70.2 Å². The number of piperazine rings is 1. The van der Waals surface area contributed by atoms with Crippen molar-refractivity contribution in [3.05, 3.63) is 5.82 Å². The summed E-state index contributed by atoms with van der Waals surface area (Å²) in [5.41, 5.74) is 0. The first-order chi connectivity index (χ1) is 12.8. The molecule has 2 unspecified atom stereocenters. The Morgan fingerprint density at radius 2 is 1.85 bits per heavy atom. The monoisotopic (exact) mass is 362 g/mol. The standard InChI is InChI=1S/C19H34N6O/c1-2-18(19-20-21-22-25(19)15-17-9-6-14-26-17)24-12-10-23(11-13-24)16-7-4-3-5-8-16/h16-18H,2-15H2,1H3. The van der Waals surface area contributed by atoms with Gasteiger partial charge in [0.25, 0.3) is 0 Å². The minimum absolute atomic E-state index is 0.276. The SMILES string of the molecule is CCC(c1nnnn1CC1CCCO1)N1CCN(C2CCCCC2)CC1. The summed E-state index contributed by atoms with van der Waals surface area (Å²) in [6.07, 6.45) is 10.7. The Morgan fingerprint density at radius 3 is 2.54 bits per heavy atom. The molecule has 0 bridgehead atoms. The van der Waals surface area contributed by atoms with Gasteiger partial charge in [0.05, 0.1) is 18.7 Å². The molecule has 3 heterocycles. The molecule has 0 radical (unpaired) electrons. The molecule has 1 aromatic heterocycles. The van der Waals surface area contributed by atoms with E-state index in [1.54, 1.807) is 0 Å². The Bertz CT molecular complexity index is 544. The maximum atomic E-state index is 5.78. The van der Waals surface area contributed by atoms with Crippen LogP contribution in [0.25, 0.3) is 0 Å². The van der Waals surface area contributed by atoms with Crippen molar-refractivity contribution in [3.8, 4) is 0 Å². The second-order valence-corrected chi connectivity index (χ2v) is 8.14. The van der Waals surface area contributed by atoms with Crippen LogP contribution >= 0.6 is 0 Å². The fraction of sp³-hybridized carbons (Fsp3) is 0.947. The van der Waals surface area contributed by atoms with Gasteiger partial charge in [-0.3, -0.25) is 9.80 Å². The van der Waals surface area contributed by atoms with Crippen molar-refractivity contribution in [2.45, 2.75) is 83.0 Å². The first-order valence-corrected chi connectivity index (χ1v) is 10.7. The van der Waals surface area contributed by atoms with Crippen molar-refractivity contribution in [1.82, 2.24) is 30.0 Å². The molecule has 7 heteroatoms. The van der Waals surface area contributed by atoms with E-state index in [0.29, 0.717) is 6.04 Å². The number of aromatic nitrogens is 4. The molecule has 3 fully saturated rings. The molecule has 1 saturated carbocycles. The van der Waals surface area contributed by atoms with Crippen LogP contribution in [0.2, 0.25) is 0 Å². The number of nitrogens with zero attached hydrogens (tertiary/aromatic N) is 6. The lowest BCUT2D eigenvalue weighted by atomic mass is 9.93. The predicted octanol–water partition coefficient (Wildman–Crippen LogP) is 2.25. The van der Waals surface area contributed by atoms with Gasteiger partial charge in [-0.05, 0) is 42.5 Å². The number of hydrogen-bond donors (Lipinski definition) is 0. The van der Waals surface area contributed by atoms with Crippen molar-refractivity contribution in [1.29, 1.82) is 0 Å². The van der Waals surface area contributed by atoms with E-state index < -0.39 is 0 Å². The molecule has 3 aliphatic rings. The average molecular weight is 363 g/mol. The van der Waals surface area contributed by atoms with Crippen LogP contribution in [0.5, 0.6) is 0 Å². The van der Waals surface area contributed by atoms with Gasteiger partial charge in [0.15, 0.2) is 5.82 Å². The van der Waals surface area contributed by atoms with E-state index >= 15 is 0 Å². The van der Waals surface area contributed by atoms with Crippen LogP contribution in [-0.4, -0.2) is 74.9 Å². The summed E-state index contributed by atoms with van der Waals surface area (Å²) in [6, 6.07) is 1.15.